The zero-order valence-corrected chi connectivity index (χ0v) is 12.7. The van der Waals surface area contributed by atoms with Crippen LogP contribution in [0.25, 0.3) is 0 Å². The molecule has 1 fully saturated rings. The van der Waals surface area contributed by atoms with Gasteiger partial charge in [0, 0.05) is 19.0 Å². The Morgan fingerprint density at radius 3 is 2.50 bits per heavy atom. The summed E-state index contributed by atoms with van der Waals surface area (Å²) in [6.45, 7) is 5.14. The summed E-state index contributed by atoms with van der Waals surface area (Å²) in [7, 11) is 2.16. The van der Waals surface area contributed by atoms with Crippen molar-refractivity contribution >= 4 is 5.91 Å². The first-order chi connectivity index (χ1) is 9.70. The Kier molecular flexibility index (Phi) is 5.60. The maximum atomic E-state index is 12.4. The largest absolute Gasteiger partial charge is 0.340 e. The number of benzene rings is 1. The summed E-state index contributed by atoms with van der Waals surface area (Å²) < 4.78 is 0. The van der Waals surface area contributed by atoms with Crippen LogP contribution in [0.3, 0.4) is 0 Å². The second kappa shape index (κ2) is 7.44. The van der Waals surface area contributed by atoms with Gasteiger partial charge in [-0.15, -0.1) is 0 Å². The lowest BCUT2D eigenvalue weighted by Gasteiger charge is -2.37. The second-order valence-electron chi connectivity index (χ2n) is 5.70. The Morgan fingerprint density at radius 2 is 1.90 bits per heavy atom. The van der Waals surface area contributed by atoms with Crippen LogP contribution in [0.1, 0.15) is 31.7 Å². The number of aryl methyl sites for hydroxylation is 1. The summed E-state index contributed by atoms with van der Waals surface area (Å²) in [5.74, 6) is 0.311. The summed E-state index contributed by atoms with van der Waals surface area (Å²) in [6.07, 6.45) is 3.70. The molecule has 1 aliphatic heterocycles. The van der Waals surface area contributed by atoms with Gasteiger partial charge in [0.1, 0.15) is 0 Å². The molecule has 0 atom stereocenters. The number of rotatable bonds is 5. The van der Waals surface area contributed by atoms with E-state index in [9.17, 15) is 4.79 Å². The Bertz CT molecular complexity index is 410. The van der Waals surface area contributed by atoms with Gasteiger partial charge in [-0.25, -0.2) is 0 Å². The first-order valence-electron chi connectivity index (χ1n) is 7.72. The highest BCUT2D eigenvalue weighted by molar-refractivity contribution is 5.76. The van der Waals surface area contributed by atoms with Gasteiger partial charge >= 0.3 is 0 Å². The van der Waals surface area contributed by atoms with Gasteiger partial charge in [-0.2, -0.15) is 0 Å². The van der Waals surface area contributed by atoms with Crippen LogP contribution in [0.2, 0.25) is 0 Å². The molecule has 0 N–H and O–H groups in total. The number of hydrogen-bond acceptors (Lipinski definition) is 2. The monoisotopic (exact) mass is 274 g/mol. The van der Waals surface area contributed by atoms with Crippen LogP contribution >= 0.6 is 0 Å². The van der Waals surface area contributed by atoms with Gasteiger partial charge in [0.25, 0.3) is 0 Å². The molecular formula is C17H26N2O. The van der Waals surface area contributed by atoms with E-state index >= 15 is 0 Å². The summed E-state index contributed by atoms with van der Waals surface area (Å²) in [5, 5.41) is 0. The van der Waals surface area contributed by atoms with E-state index in [1.165, 1.54) is 5.56 Å². The van der Waals surface area contributed by atoms with Gasteiger partial charge in [-0.1, -0.05) is 30.3 Å². The van der Waals surface area contributed by atoms with E-state index in [0.29, 0.717) is 18.4 Å². The van der Waals surface area contributed by atoms with Crippen molar-refractivity contribution in [1.29, 1.82) is 0 Å². The van der Waals surface area contributed by atoms with Crippen molar-refractivity contribution in [2.24, 2.45) is 0 Å². The van der Waals surface area contributed by atoms with Crippen molar-refractivity contribution in [1.82, 2.24) is 9.80 Å². The first kappa shape index (κ1) is 15.0. The van der Waals surface area contributed by atoms with Crippen LogP contribution in [-0.2, 0) is 11.2 Å². The lowest BCUT2D eigenvalue weighted by Crippen LogP contribution is -2.46. The van der Waals surface area contributed by atoms with Crippen molar-refractivity contribution < 1.29 is 4.79 Å². The molecule has 1 saturated heterocycles. The van der Waals surface area contributed by atoms with Crippen LogP contribution in [0.15, 0.2) is 30.3 Å². The molecule has 0 bridgehead atoms. The summed E-state index contributed by atoms with van der Waals surface area (Å²) >= 11 is 0. The van der Waals surface area contributed by atoms with Crippen LogP contribution in [-0.4, -0.2) is 48.4 Å². The lowest BCUT2D eigenvalue weighted by atomic mass is 10.0. The van der Waals surface area contributed by atoms with Gasteiger partial charge in [-0.3, -0.25) is 4.79 Å². The number of carbonyl (C=O) groups is 1. The number of piperidine rings is 1. The molecule has 0 aromatic heterocycles. The fraction of sp³-hybridized carbons (Fsp3) is 0.588. The molecule has 1 amide bonds. The topological polar surface area (TPSA) is 23.6 Å². The lowest BCUT2D eigenvalue weighted by molar-refractivity contribution is -0.134. The molecule has 0 unspecified atom stereocenters. The Morgan fingerprint density at radius 1 is 1.25 bits per heavy atom. The van der Waals surface area contributed by atoms with E-state index < -0.39 is 0 Å². The van der Waals surface area contributed by atoms with Crippen molar-refractivity contribution in [2.45, 2.75) is 38.6 Å². The highest BCUT2D eigenvalue weighted by atomic mass is 16.2. The third-order valence-electron chi connectivity index (χ3n) is 4.26. The SMILES string of the molecule is CCN(C(=O)CCc1ccccc1)C1CCN(C)CC1. The Balaban J connectivity index is 1.86. The van der Waals surface area contributed by atoms with Crippen LogP contribution in [0, 0.1) is 0 Å². The molecule has 3 heteroatoms. The number of amides is 1. The van der Waals surface area contributed by atoms with Crippen molar-refractivity contribution in [3.8, 4) is 0 Å². The molecule has 0 saturated carbocycles. The fourth-order valence-corrected chi connectivity index (χ4v) is 2.98. The fourth-order valence-electron chi connectivity index (χ4n) is 2.98. The smallest absolute Gasteiger partial charge is 0.223 e. The molecular weight excluding hydrogens is 248 g/mol. The number of nitrogens with zero attached hydrogens (tertiary/aromatic N) is 2. The van der Waals surface area contributed by atoms with Crippen molar-refractivity contribution in [3.05, 3.63) is 35.9 Å². The first-order valence-corrected chi connectivity index (χ1v) is 7.72. The normalized spacial score (nSPS) is 17.1. The molecule has 110 valence electrons. The summed E-state index contributed by atoms with van der Waals surface area (Å²) in [5.41, 5.74) is 1.25. The number of carbonyl (C=O) groups excluding carboxylic acids is 1. The van der Waals surface area contributed by atoms with Gasteiger partial charge in [0.2, 0.25) is 5.91 Å². The van der Waals surface area contributed by atoms with Crippen molar-refractivity contribution in [3.63, 3.8) is 0 Å². The van der Waals surface area contributed by atoms with E-state index in [1.807, 2.05) is 18.2 Å². The third-order valence-corrected chi connectivity index (χ3v) is 4.26. The van der Waals surface area contributed by atoms with E-state index in [4.69, 9.17) is 0 Å². The zero-order valence-electron chi connectivity index (χ0n) is 12.7. The molecule has 1 aromatic carbocycles. The second-order valence-corrected chi connectivity index (χ2v) is 5.70. The minimum atomic E-state index is 0.311. The quantitative estimate of drug-likeness (QED) is 0.824. The maximum Gasteiger partial charge on any atom is 0.223 e. The van der Waals surface area contributed by atoms with Gasteiger partial charge < -0.3 is 9.80 Å². The van der Waals surface area contributed by atoms with Gasteiger partial charge in [-0.05, 0) is 51.9 Å². The maximum absolute atomic E-state index is 12.4. The highest BCUT2D eigenvalue weighted by Crippen LogP contribution is 2.17. The average Bonchev–Trinajstić information content (AvgIpc) is 2.49. The molecule has 1 heterocycles. The van der Waals surface area contributed by atoms with E-state index in [1.54, 1.807) is 0 Å². The number of likely N-dealkylation sites (tertiary alicyclic amines) is 1. The summed E-state index contributed by atoms with van der Waals surface area (Å²) in [6, 6.07) is 10.7. The highest BCUT2D eigenvalue weighted by Gasteiger charge is 2.25. The van der Waals surface area contributed by atoms with E-state index in [-0.39, 0.29) is 0 Å². The minimum Gasteiger partial charge on any atom is -0.340 e. The molecule has 20 heavy (non-hydrogen) atoms. The van der Waals surface area contributed by atoms with E-state index in [0.717, 1.165) is 38.9 Å². The van der Waals surface area contributed by atoms with Gasteiger partial charge in [0.15, 0.2) is 0 Å². The molecule has 0 radical (unpaired) electrons. The van der Waals surface area contributed by atoms with Crippen LogP contribution < -0.4 is 0 Å². The van der Waals surface area contributed by atoms with Crippen LogP contribution in [0.5, 0.6) is 0 Å². The summed E-state index contributed by atoms with van der Waals surface area (Å²) in [4.78, 5) is 16.9. The Labute approximate surface area is 122 Å². The predicted octanol–water partition coefficient (Wildman–Crippen LogP) is 2.56. The van der Waals surface area contributed by atoms with Gasteiger partial charge in [0.05, 0.1) is 0 Å². The average molecular weight is 274 g/mol. The van der Waals surface area contributed by atoms with E-state index in [2.05, 4.69) is 35.9 Å². The third kappa shape index (κ3) is 4.07. The molecule has 1 aliphatic rings. The molecule has 0 aliphatic carbocycles. The minimum absolute atomic E-state index is 0.311. The standard InChI is InChI=1S/C17H26N2O/c1-3-19(16-11-13-18(2)14-12-16)17(20)10-9-15-7-5-4-6-8-15/h4-8,16H,3,9-14H2,1-2H3. The predicted molar refractivity (Wildman–Crippen MR) is 82.7 cm³/mol. The Hall–Kier alpha value is -1.35. The zero-order chi connectivity index (χ0) is 14.4. The van der Waals surface area contributed by atoms with Crippen LogP contribution in [0.4, 0.5) is 0 Å². The van der Waals surface area contributed by atoms with Crippen molar-refractivity contribution in [2.75, 3.05) is 26.7 Å². The molecule has 2 rings (SSSR count). The molecule has 3 nitrogen and oxygen atoms in total. The molecule has 0 spiro atoms. The number of hydrogen-bond donors (Lipinski definition) is 0. The molecule has 1 aromatic rings.